The van der Waals surface area contributed by atoms with Gasteiger partial charge in [0, 0.05) is 28.7 Å². The van der Waals surface area contributed by atoms with Crippen molar-refractivity contribution in [3.05, 3.63) is 113 Å². The largest absolute Gasteiger partial charge is 0.457 e. The van der Waals surface area contributed by atoms with Crippen LogP contribution in [0, 0.1) is 6.92 Å². The van der Waals surface area contributed by atoms with Crippen LogP contribution in [0.3, 0.4) is 0 Å². The highest BCUT2D eigenvalue weighted by Gasteiger charge is 2.09. The molecule has 0 atom stereocenters. The minimum Gasteiger partial charge on any atom is -0.457 e. The summed E-state index contributed by atoms with van der Waals surface area (Å²) in [5.41, 5.74) is 5.82. The van der Waals surface area contributed by atoms with E-state index in [0.717, 1.165) is 11.1 Å². The number of amides is 3. The second-order valence-corrected chi connectivity index (χ2v) is 8.14. The number of anilines is 2. The first-order valence-electron chi connectivity index (χ1n) is 10.9. The molecule has 9 heteroatoms. The van der Waals surface area contributed by atoms with E-state index in [1.54, 1.807) is 60.8 Å². The Morgan fingerprint density at radius 1 is 0.861 bits per heavy atom. The Hall–Kier alpha value is -4.69. The number of carbonyl (C=O) groups is 2. The van der Waals surface area contributed by atoms with Crippen molar-refractivity contribution in [3.63, 3.8) is 0 Å². The van der Waals surface area contributed by atoms with Crippen LogP contribution in [0.2, 0.25) is 5.02 Å². The first-order chi connectivity index (χ1) is 17.4. The Kier molecular flexibility index (Phi) is 7.90. The van der Waals surface area contributed by atoms with E-state index in [-0.39, 0.29) is 11.7 Å². The first kappa shape index (κ1) is 24.4. The predicted octanol–water partition coefficient (Wildman–Crippen LogP) is 6.24. The maximum Gasteiger partial charge on any atom is 0.323 e. The highest BCUT2D eigenvalue weighted by Crippen LogP contribution is 2.23. The number of hydrazone groups is 1. The van der Waals surface area contributed by atoms with Gasteiger partial charge < -0.3 is 15.4 Å². The second-order valence-electron chi connectivity index (χ2n) is 7.70. The smallest absolute Gasteiger partial charge is 0.323 e. The van der Waals surface area contributed by atoms with Gasteiger partial charge in [0.05, 0.1) is 6.21 Å². The van der Waals surface area contributed by atoms with Gasteiger partial charge in [0.2, 0.25) is 0 Å². The fraction of sp³-hybridized carbons (Fsp3) is 0.0370. The van der Waals surface area contributed by atoms with E-state index < -0.39 is 5.91 Å². The van der Waals surface area contributed by atoms with Crippen molar-refractivity contribution in [2.45, 2.75) is 6.92 Å². The summed E-state index contributed by atoms with van der Waals surface area (Å²) in [5.74, 6) is 0.488. The number of nitrogens with zero attached hydrogens (tertiary/aromatic N) is 2. The van der Waals surface area contributed by atoms with E-state index >= 15 is 0 Å². The summed E-state index contributed by atoms with van der Waals surface area (Å²) in [7, 11) is 0. The number of ether oxygens (including phenoxy) is 1. The minimum atomic E-state index is -0.463. The average molecular weight is 500 g/mol. The van der Waals surface area contributed by atoms with Gasteiger partial charge >= 0.3 is 6.03 Å². The van der Waals surface area contributed by atoms with Crippen molar-refractivity contribution in [1.82, 2.24) is 10.4 Å². The summed E-state index contributed by atoms with van der Waals surface area (Å²) in [6, 6.07) is 24.1. The van der Waals surface area contributed by atoms with Gasteiger partial charge in [-0.3, -0.25) is 9.78 Å². The van der Waals surface area contributed by atoms with Crippen LogP contribution in [0.5, 0.6) is 11.5 Å². The summed E-state index contributed by atoms with van der Waals surface area (Å²) in [6.07, 6.45) is 3.04. The standard InChI is InChI=1S/C27H22ClN5O3/c1-18-2-4-19(5-3-18)17-30-33-26(34)25-16-24(14-15-29-25)36-23-12-10-22(11-13-23)32-27(35)31-21-8-6-20(28)7-9-21/h2-17H,1H3,(H,33,34)(H2,31,32,35). The third-order valence-corrected chi connectivity index (χ3v) is 5.12. The molecule has 0 aliphatic carbocycles. The van der Waals surface area contributed by atoms with Crippen molar-refractivity contribution >= 4 is 41.1 Å². The molecule has 36 heavy (non-hydrogen) atoms. The molecule has 0 radical (unpaired) electrons. The molecule has 0 fully saturated rings. The number of halogens is 1. The molecule has 8 nitrogen and oxygen atoms in total. The Bertz CT molecular complexity index is 1370. The Labute approximate surface area is 213 Å². The number of hydrogen-bond acceptors (Lipinski definition) is 5. The maximum absolute atomic E-state index is 12.4. The van der Waals surface area contributed by atoms with Gasteiger partial charge in [-0.1, -0.05) is 41.4 Å². The Morgan fingerprint density at radius 2 is 1.50 bits per heavy atom. The van der Waals surface area contributed by atoms with Crippen LogP contribution in [0.25, 0.3) is 0 Å². The molecular weight excluding hydrogens is 478 g/mol. The van der Waals surface area contributed by atoms with Crippen LogP contribution in [-0.4, -0.2) is 23.1 Å². The van der Waals surface area contributed by atoms with Crippen molar-refractivity contribution in [1.29, 1.82) is 0 Å². The molecule has 3 amide bonds. The van der Waals surface area contributed by atoms with Gasteiger partial charge in [-0.2, -0.15) is 5.10 Å². The molecule has 0 saturated heterocycles. The summed E-state index contributed by atoms with van der Waals surface area (Å²) in [4.78, 5) is 28.6. The van der Waals surface area contributed by atoms with E-state index in [0.29, 0.717) is 27.9 Å². The van der Waals surface area contributed by atoms with Crippen LogP contribution in [0.1, 0.15) is 21.6 Å². The van der Waals surface area contributed by atoms with Gasteiger partial charge in [-0.25, -0.2) is 10.2 Å². The number of aromatic nitrogens is 1. The average Bonchev–Trinajstić information content (AvgIpc) is 2.88. The second kappa shape index (κ2) is 11.6. The van der Waals surface area contributed by atoms with Crippen LogP contribution < -0.4 is 20.8 Å². The molecule has 1 heterocycles. The number of hydrogen-bond donors (Lipinski definition) is 3. The van der Waals surface area contributed by atoms with E-state index in [1.807, 2.05) is 31.2 Å². The summed E-state index contributed by atoms with van der Waals surface area (Å²) >= 11 is 5.85. The van der Waals surface area contributed by atoms with E-state index in [4.69, 9.17) is 16.3 Å². The number of benzene rings is 3. The van der Waals surface area contributed by atoms with E-state index in [9.17, 15) is 9.59 Å². The topological polar surface area (TPSA) is 105 Å². The van der Waals surface area contributed by atoms with Crippen molar-refractivity contribution in [2.24, 2.45) is 5.10 Å². The number of carbonyl (C=O) groups excluding carboxylic acids is 2. The summed E-state index contributed by atoms with van der Waals surface area (Å²) in [5, 5.41) is 10.0. The third kappa shape index (κ3) is 7.15. The Morgan fingerprint density at radius 3 is 2.17 bits per heavy atom. The highest BCUT2D eigenvalue weighted by molar-refractivity contribution is 6.30. The lowest BCUT2D eigenvalue weighted by Crippen LogP contribution is -2.19. The highest BCUT2D eigenvalue weighted by atomic mass is 35.5. The van der Waals surface area contributed by atoms with E-state index in [1.165, 1.54) is 12.3 Å². The lowest BCUT2D eigenvalue weighted by Gasteiger charge is -2.10. The third-order valence-electron chi connectivity index (χ3n) is 4.87. The van der Waals surface area contributed by atoms with E-state index in [2.05, 4.69) is 26.1 Å². The molecule has 0 bridgehead atoms. The molecule has 0 spiro atoms. The van der Waals surface area contributed by atoms with Crippen molar-refractivity contribution in [2.75, 3.05) is 10.6 Å². The molecule has 3 aromatic carbocycles. The van der Waals surface area contributed by atoms with Crippen LogP contribution >= 0.6 is 11.6 Å². The van der Waals surface area contributed by atoms with Crippen LogP contribution in [0.15, 0.2) is 96.2 Å². The maximum atomic E-state index is 12.4. The molecule has 180 valence electrons. The zero-order valence-corrected chi connectivity index (χ0v) is 20.0. The number of urea groups is 1. The summed E-state index contributed by atoms with van der Waals surface area (Å²) in [6.45, 7) is 2.00. The molecule has 0 aliphatic rings. The lowest BCUT2D eigenvalue weighted by atomic mass is 10.2. The lowest BCUT2D eigenvalue weighted by molar-refractivity contribution is 0.0950. The van der Waals surface area contributed by atoms with Gasteiger partial charge in [-0.15, -0.1) is 0 Å². The molecule has 0 aliphatic heterocycles. The Balaban J connectivity index is 1.31. The van der Waals surface area contributed by atoms with Crippen molar-refractivity contribution < 1.29 is 14.3 Å². The number of aryl methyl sites for hydroxylation is 1. The molecule has 4 rings (SSSR count). The number of rotatable bonds is 7. The molecule has 1 aromatic heterocycles. The molecular formula is C27H22ClN5O3. The van der Waals surface area contributed by atoms with Gasteiger partial charge in [0.25, 0.3) is 5.91 Å². The molecule has 0 saturated carbocycles. The predicted molar refractivity (Wildman–Crippen MR) is 141 cm³/mol. The quantitative estimate of drug-likeness (QED) is 0.206. The minimum absolute atomic E-state index is 0.158. The van der Waals surface area contributed by atoms with Gasteiger partial charge in [0.1, 0.15) is 17.2 Å². The fourth-order valence-electron chi connectivity index (χ4n) is 3.04. The molecule has 3 N–H and O–H groups in total. The SMILES string of the molecule is Cc1ccc(C=NNC(=O)c2cc(Oc3ccc(NC(=O)Nc4ccc(Cl)cc4)cc3)ccn2)cc1. The number of pyridine rings is 1. The molecule has 0 unspecified atom stereocenters. The van der Waals surface area contributed by atoms with Crippen LogP contribution in [0.4, 0.5) is 16.2 Å². The van der Waals surface area contributed by atoms with Gasteiger partial charge in [-0.05, 0) is 67.1 Å². The molecule has 4 aromatic rings. The first-order valence-corrected chi connectivity index (χ1v) is 11.3. The van der Waals surface area contributed by atoms with Crippen LogP contribution in [-0.2, 0) is 0 Å². The zero-order chi connectivity index (χ0) is 25.3. The summed E-state index contributed by atoms with van der Waals surface area (Å²) < 4.78 is 5.82. The fourth-order valence-corrected chi connectivity index (χ4v) is 3.17. The normalized spacial score (nSPS) is 10.6. The zero-order valence-electron chi connectivity index (χ0n) is 19.2. The number of nitrogens with one attached hydrogen (secondary N) is 3. The monoisotopic (exact) mass is 499 g/mol. The van der Waals surface area contributed by atoms with Crippen molar-refractivity contribution in [3.8, 4) is 11.5 Å². The van der Waals surface area contributed by atoms with Gasteiger partial charge in [0.15, 0.2) is 0 Å².